The molecule has 0 N–H and O–H groups in total. The molecule has 0 aliphatic rings. The molecule has 146 valence electrons. The van der Waals surface area contributed by atoms with Crippen LogP contribution in [-0.2, 0) is 16.1 Å². The number of aromatic nitrogens is 1. The van der Waals surface area contributed by atoms with Gasteiger partial charge >= 0.3 is 5.97 Å². The highest BCUT2D eigenvalue weighted by atomic mass is 19.1. The lowest BCUT2D eigenvalue weighted by Gasteiger charge is -2.07. The number of hydrogen-bond donors (Lipinski definition) is 0. The van der Waals surface area contributed by atoms with E-state index in [0.29, 0.717) is 28.7 Å². The molecule has 8 heteroatoms. The number of carbonyl (C=O) groups is 1. The average Bonchev–Trinajstić information content (AvgIpc) is 3.20. The van der Waals surface area contributed by atoms with Gasteiger partial charge in [-0.1, -0.05) is 5.16 Å². The fourth-order valence-corrected chi connectivity index (χ4v) is 2.37. The first-order valence-corrected chi connectivity index (χ1v) is 8.31. The van der Waals surface area contributed by atoms with Gasteiger partial charge in [-0.05, 0) is 42.5 Å². The fraction of sp³-hybridized carbons (Fsp3) is 0.200. The van der Waals surface area contributed by atoms with Gasteiger partial charge in [-0.3, -0.25) is 0 Å². The lowest BCUT2D eigenvalue weighted by Crippen LogP contribution is -2.14. The van der Waals surface area contributed by atoms with Crippen LogP contribution in [0, 0.1) is 5.82 Å². The first-order chi connectivity index (χ1) is 13.6. The average molecular weight is 387 g/mol. The minimum Gasteiger partial charge on any atom is -0.493 e. The maximum absolute atomic E-state index is 12.8. The highest BCUT2D eigenvalue weighted by Crippen LogP contribution is 2.32. The summed E-state index contributed by atoms with van der Waals surface area (Å²) in [5.41, 5.74) is 1.18. The number of esters is 1. The molecule has 0 aliphatic heterocycles. The molecular weight excluding hydrogens is 369 g/mol. The number of methoxy groups -OCH3 is 2. The van der Waals surface area contributed by atoms with E-state index in [1.807, 2.05) is 0 Å². The van der Waals surface area contributed by atoms with Crippen molar-refractivity contribution in [3.8, 4) is 28.6 Å². The van der Waals surface area contributed by atoms with Gasteiger partial charge in [0, 0.05) is 11.6 Å². The molecule has 0 bridgehead atoms. The summed E-state index contributed by atoms with van der Waals surface area (Å²) in [7, 11) is 3.10. The number of carbonyl (C=O) groups excluding carboxylic acids is 1. The van der Waals surface area contributed by atoms with E-state index in [2.05, 4.69) is 5.16 Å². The van der Waals surface area contributed by atoms with E-state index < -0.39 is 5.97 Å². The Hall–Kier alpha value is -3.55. The van der Waals surface area contributed by atoms with Crippen molar-refractivity contribution in [1.82, 2.24) is 5.16 Å². The normalized spacial score (nSPS) is 10.4. The topological polar surface area (TPSA) is 80.0 Å². The molecule has 7 nitrogen and oxygen atoms in total. The van der Waals surface area contributed by atoms with Gasteiger partial charge in [-0.25, -0.2) is 9.18 Å². The summed E-state index contributed by atoms with van der Waals surface area (Å²) in [6, 6.07) is 12.3. The largest absolute Gasteiger partial charge is 0.493 e. The molecule has 0 radical (unpaired) electrons. The van der Waals surface area contributed by atoms with Crippen LogP contribution >= 0.6 is 0 Å². The molecule has 2 aromatic carbocycles. The first kappa shape index (κ1) is 19.2. The minimum absolute atomic E-state index is 0.0671. The van der Waals surface area contributed by atoms with Crippen LogP contribution in [-0.4, -0.2) is 32.0 Å². The van der Waals surface area contributed by atoms with Gasteiger partial charge < -0.3 is 23.5 Å². The van der Waals surface area contributed by atoms with Crippen molar-refractivity contribution >= 4 is 5.97 Å². The Morgan fingerprint density at radius 2 is 1.79 bits per heavy atom. The predicted molar refractivity (Wildman–Crippen MR) is 96.7 cm³/mol. The number of hydrogen-bond acceptors (Lipinski definition) is 7. The van der Waals surface area contributed by atoms with E-state index in [1.54, 1.807) is 38.5 Å². The third kappa shape index (κ3) is 4.79. The zero-order chi connectivity index (χ0) is 19.9. The van der Waals surface area contributed by atoms with Crippen LogP contribution in [0.3, 0.4) is 0 Å². The van der Waals surface area contributed by atoms with Gasteiger partial charge in [-0.2, -0.15) is 0 Å². The molecule has 0 aliphatic carbocycles. The van der Waals surface area contributed by atoms with Crippen molar-refractivity contribution in [1.29, 1.82) is 0 Å². The first-order valence-electron chi connectivity index (χ1n) is 8.31. The smallest absolute Gasteiger partial charge is 0.344 e. The summed E-state index contributed by atoms with van der Waals surface area (Å²) in [5.74, 6) is 1.06. The van der Waals surface area contributed by atoms with Gasteiger partial charge in [0.2, 0.25) is 0 Å². The molecule has 0 amide bonds. The van der Waals surface area contributed by atoms with Gasteiger partial charge in [-0.15, -0.1) is 0 Å². The van der Waals surface area contributed by atoms with Crippen LogP contribution in [0.1, 0.15) is 5.69 Å². The van der Waals surface area contributed by atoms with Gasteiger partial charge in [0.1, 0.15) is 23.9 Å². The molecule has 0 spiro atoms. The van der Waals surface area contributed by atoms with Crippen LogP contribution in [0.15, 0.2) is 53.1 Å². The summed E-state index contributed by atoms with van der Waals surface area (Å²) < 4.78 is 38.9. The quantitative estimate of drug-likeness (QED) is 0.546. The Labute approximate surface area is 160 Å². The Morgan fingerprint density at radius 1 is 1.04 bits per heavy atom. The van der Waals surface area contributed by atoms with Crippen molar-refractivity contribution in [2.24, 2.45) is 0 Å². The molecule has 0 unspecified atom stereocenters. The van der Waals surface area contributed by atoms with Crippen LogP contribution in [0.25, 0.3) is 11.3 Å². The van der Waals surface area contributed by atoms with Crippen LogP contribution in [0.5, 0.6) is 17.2 Å². The molecule has 3 aromatic rings. The van der Waals surface area contributed by atoms with E-state index in [1.165, 1.54) is 24.3 Å². The lowest BCUT2D eigenvalue weighted by atomic mass is 10.1. The Kier molecular flexibility index (Phi) is 6.11. The molecule has 28 heavy (non-hydrogen) atoms. The highest BCUT2D eigenvalue weighted by molar-refractivity contribution is 5.71. The fourth-order valence-electron chi connectivity index (χ4n) is 2.37. The van der Waals surface area contributed by atoms with Crippen molar-refractivity contribution in [3.63, 3.8) is 0 Å². The molecule has 3 rings (SSSR count). The maximum Gasteiger partial charge on any atom is 0.344 e. The monoisotopic (exact) mass is 387 g/mol. The highest BCUT2D eigenvalue weighted by Gasteiger charge is 2.12. The summed E-state index contributed by atoms with van der Waals surface area (Å²) in [6.07, 6.45) is 0. The zero-order valence-electron chi connectivity index (χ0n) is 15.3. The second kappa shape index (κ2) is 8.90. The number of halogens is 1. The molecule has 1 aromatic heterocycles. The molecular formula is C20H18FNO6. The van der Waals surface area contributed by atoms with Crippen LogP contribution in [0.2, 0.25) is 0 Å². The van der Waals surface area contributed by atoms with E-state index in [4.69, 9.17) is 23.5 Å². The van der Waals surface area contributed by atoms with Crippen molar-refractivity contribution in [2.45, 2.75) is 6.61 Å². The minimum atomic E-state index is -0.583. The summed E-state index contributed by atoms with van der Waals surface area (Å²) in [5, 5.41) is 3.88. The van der Waals surface area contributed by atoms with E-state index in [0.717, 1.165) is 5.56 Å². The van der Waals surface area contributed by atoms with E-state index in [9.17, 15) is 9.18 Å². The molecule has 1 heterocycles. The lowest BCUT2D eigenvalue weighted by molar-refractivity contribution is -0.147. The third-order valence-corrected chi connectivity index (χ3v) is 3.78. The summed E-state index contributed by atoms with van der Waals surface area (Å²) in [4.78, 5) is 11.8. The molecule has 0 saturated heterocycles. The second-order valence-electron chi connectivity index (χ2n) is 5.66. The second-order valence-corrected chi connectivity index (χ2v) is 5.66. The van der Waals surface area contributed by atoms with Gasteiger partial charge in [0.25, 0.3) is 0 Å². The molecule has 0 atom stereocenters. The van der Waals surface area contributed by atoms with E-state index in [-0.39, 0.29) is 19.0 Å². The Morgan fingerprint density at radius 3 is 2.50 bits per heavy atom. The number of nitrogens with zero attached hydrogens (tertiary/aromatic N) is 1. The van der Waals surface area contributed by atoms with Gasteiger partial charge in [0.05, 0.1) is 14.2 Å². The van der Waals surface area contributed by atoms with Crippen LogP contribution < -0.4 is 14.2 Å². The summed E-state index contributed by atoms with van der Waals surface area (Å²) in [6.45, 7) is -0.367. The molecule has 0 saturated carbocycles. The van der Waals surface area contributed by atoms with Crippen molar-refractivity contribution in [2.75, 3.05) is 20.8 Å². The summed E-state index contributed by atoms with van der Waals surface area (Å²) >= 11 is 0. The van der Waals surface area contributed by atoms with Crippen molar-refractivity contribution in [3.05, 3.63) is 60.0 Å². The zero-order valence-corrected chi connectivity index (χ0v) is 15.3. The Bertz CT molecular complexity index is 938. The van der Waals surface area contributed by atoms with E-state index >= 15 is 0 Å². The number of rotatable bonds is 8. The Balaban J connectivity index is 1.54. The third-order valence-electron chi connectivity index (χ3n) is 3.78. The standard InChI is InChI=1S/C20H18FNO6/c1-24-17-8-3-13(9-19(17)25-2)18-10-15(22-28-18)11-27-20(23)12-26-16-6-4-14(21)5-7-16/h3-10H,11-12H2,1-2H3. The predicted octanol–water partition coefficient (Wildman–Crippen LogP) is 3.62. The van der Waals surface area contributed by atoms with Crippen molar-refractivity contribution < 1.29 is 32.7 Å². The maximum atomic E-state index is 12.8. The number of benzene rings is 2. The SMILES string of the molecule is COc1ccc(-c2cc(COC(=O)COc3ccc(F)cc3)no2)cc1OC. The molecule has 0 fully saturated rings. The number of ether oxygens (including phenoxy) is 4. The van der Waals surface area contributed by atoms with Gasteiger partial charge in [0.15, 0.2) is 23.9 Å². The van der Waals surface area contributed by atoms with Crippen LogP contribution in [0.4, 0.5) is 4.39 Å².